The van der Waals surface area contributed by atoms with E-state index >= 15 is 0 Å². The van der Waals surface area contributed by atoms with Gasteiger partial charge < -0.3 is 20.8 Å². The molecule has 0 aliphatic heterocycles. The lowest BCUT2D eigenvalue weighted by atomic mass is 10.3. The maximum atomic E-state index is 10.7. The number of aromatic amines is 1. The predicted octanol–water partition coefficient (Wildman–Crippen LogP) is 1.28. The Labute approximate surface area is 111 Å². The number of carbonyl (C=O) groups excluding carboxylic acids is 1. The smallest absolute Gasteiger partial charge is 0.220 e. The molecule has 4 N–H and O–H groups in total. The molecule has 0 radical (unpaired) electrons. The monoisotopic (exact) mass is 260 g/mol. The summed E-state index contributed by atoms with van der Waals surface area (Å²) in [6, 6.07) is 7.55. The second-order valence-electron chi connectivity index (χ2n) is 3.99. The van der Waals surface area contributed by atoms with Crippen molar-refractivity contribution >= 4 is 11.6 Å². The Morgan fingerprint density at radius 3 is 3.00 bits per heavy atom. The highest BCUT2D eigenvalue weighted by atomic mass is 16.5. The number of hydrogen-bond acceptors (Lipinski definition) is 4. The highest BCUT2D eigenvalue weighted by Crippen LogP contribution is 2.24. The van der Waals surface area contributed by atoms with Gasteiger partial charge in [-0.3, -0.25) is 4.79 Å². The summed E-state index contributed by atoms with van der Waals surface area (Å²) in [5.74, 6) is 0.325. The number of nitrogens with one attached hydrogen (secondary N) is 2. The summed E-state index contributed by atoms with van der Waals surface area (Å²) < 4.78 is 5.53. The Morgan fingerprint density at radius 2 is 2.26 bits per heavy atom. The third-order valence-electron chi connectivity index (χ3n) is 2.52. The van der Waals surface area contributed by atoms with Crippen LogP contribution in [0.1, 0.15) is 12.1 Å². The molecule has 0 unspecified atom stereocenters. The Kier molecular flexibility index (Phi) is 4.39. The van der Waals surface area contributed by atoms with Gasteiger partial charge in [0.05, 0.1) is 37.3 Å². The van der Waals surface area contributed by atoms with Crippen LogP contribution in [0.15, 0.2) is 36.8 Å². The van der Waals surface area contributed by atoms with E-state index in [1.54, 1.807) is 12.5 Å². The lowest BCUT2D eigenvalue weighted by molar-refractivity contribution is -0.118. The van der Waals surface area contributed by atoms with Crippen molar-refractivity contribution in [2.75, 3.05) is 11.9 Å². The standard InChI is InChI=1S/C13H16N4O2/c14-13(18)5-6-19-12-4-2-1-3-11(12)16-8-10-7-15-9-17-10/h1-4,7,9,16H,5-6,8H2,(H2,14,18)(H,15,17). The van der Waals surface area contributed by atoms with E-state index in [9.17, 15) is 4.79 Å². The second-order valence-corrected chi connectivity index (χ2v) is 3.99. The maximum absolute atomic E-state index is 10.7. The molecule has 6 heteroatoms. The second kappa shape index (κ2) is 6.44. The van der Waals surface area contributed by atoms with Gasteiger partial charge in [-0.05, 0) is 12.1 Å². The number of nitrogens with two attached hydrogens (primary N) is 1. The normalized spacial score (nSPS) is 10.1. The Hall–Kier alpha value is -2.50. The molecule has 0 saturated carbocycles. The summed E-state index contributed by atoms with van der Waals surface area (Å²) in [4.78, 5) is 17.6. The summed E-state index contributed by atoms with van der Waals surface area (Å²) in [7, 11) is 0. The number of benzene rings is 1. The van der Waals surface area contributed by atoms with Gasteiger partial charge in [-0.15, -0.1) is 0 Å². The molecule has 1 heterocycles. The molecule has 6 nitrogen and oxygen atoms in total. The van der Waals surface area contributed by atoms with Crippen LogP contribution in [0, 0.1) is 0 Å². The van der Waals surface area contributed by atoms with Crippen molar-refractivity contribution in [1.29, 1.82) is 0 Å². The highest BCUT2D eigenvalue weighted by Gasteiger charge is 2.04. The molecular weight excluding hydrogens is 244 g/mol. The average molecular weight is 260 g/mol. The molecule has 0 saturated heterocycles. The molecular formula is C13H16N4O2. The topological polar surface area (TPSA) is 93.0 Å². The molecule has 0 atom stereocenters. The summed E-state index contributed by atoms with van der Waals surface area (Å²) in [6.07, 6.45) is 3.59. The van der Waals surface area contributed by atoms with Gasteiger partial charge in [0, 0.05) is 6.20 Å². The zero-order valence-electron chi connectivity index (χ0n) is 10.4. The van der Waals surface area contributed by atoms with E-state index in [1.807, 2.05) is 24.3 Å². The predicted molar refractivity (Wildman–Crippen MR) is 71.7 cm³/mol. The first kappa shape index (κ1) is 12.9. The van der Waals surface area contributed by atoms with Crippen molar-refractivity contribution in [1.82, 2.24) is 9.97 Å². The van der Waals surface area contributed by atoms with Crippen LogP contribution < -0.4 is 15.8 Å². The first-order valence-electron chi connectivity index (χ1n) is 5.97. The molecule has 0 spiro atoms. The molecule has 1 amide bonds. The van der Waals surface area contributed by atoms with E-state index in [-0.39, 0.29) is 18.9 Å². The van der Waals surface area contributed by atoms with Crippen LogP contribution in [-0.4, -0.2) is 22.5 Å². The van der Waals surface area contributed by atoms with Crippen LogP contribution in [0.3, 0.4) is 0 Å². The average Bonchev–Trinajstić information content (AvgIpc) is 2.90. The number of primary amides is 1. The number of imidazole rings is 1. The lowest BCUT2D eigenvalue weighted by Crippen LogP contribution is -2.15. The largest absolute Gasteiger partial charge is 0.491 e. The van der Waals surface area contributed by atoms with Crippen LogP contribution in [-0.2, 0) is 11.3 Å². The lowest BCUT2D eigenvalue weighted by Gasteiger charge is -2.12. The molecule has 100 valence electrons. The van der Waals surface area contributed by atoms with Gasteiger partial charge in [0.25, 0.3) is 0 Å². The zero-order valence-corrected chi connectivity index (χ0v) is 10.4. The third kappa shape index (κ3) is 4.02. The minimum absolute atomic E-state index is 0.203. The molecule has 0 aliphatic rings. The van der Waals surface area contributed by atoms with E-state index < -0.39 is 0 Å². The Bertz CT molecular complexity index is 525. The quantitative estimate of drug-likeness (QED) is 0.699. The van der Waals surface area contributed by atoms with E-state index in [0.717, 1.165) is 11.4 Å². The molecule has 0 fully saturated rings. The van der Waals surface area contributed by atoms with Gasteiger partial charge in [0.2, 0.25) is 5.91 Å². The van der Waals surface area contributed by atoms with Crippen molar-refractivity contribution < 1.29 is 9.53 Å². The summed E-state index contributed by atoms with van der Waals surface area (Å²) in [5.41, 5.74) is 6.91. The number of amides is 1. The number of H-pyrrole nitrogens is 1. The first-order chi connectivity index (χ1) is 9.25. The molecule has 0 bridgehead atoms. The number of para-hydroxylation sites is 2. The van der Waals surface area contributed by atoms with E-state index in [1.165, 1.54) is 0 Å². The number of rotatable bonds is 7. The molecule has 19 heavy (non-hydrogen) atoms. The van der Waals surface area contributed by atoms with Gasteiger partial charge in [0.1, 0.15) is 5.75 Å². The minimum Gasteiger partial charge on any atom is -0.491 e. The van der Waals surface area contributed by atoms with Gasteiger partial charge in [-0.1, -0.05) is 12.1 Å². The fraction of sp³-hybridized carbons (Fsp3) is 0.231. The number of aromatic nitrogens is 2. The molecule has 2 rings (SSSR count). The number of hydrogen-bond donors (Lipinski definition) is 3. The van der Waals surface area contributed by atoms with Gasteiger partial charge >= 0.3 is 0 Å². The van der Waals surface area contributed by atoms with Gasteiger partial charge in [-0.25, -0.2) is 4.98 Å². The minimum atomic E-state index is -0.372. The third-order valence-corrected chi connectivity index (χ3v) is 2.52. The van der Waals surface area contributed by atoms with Crippen LogP contribution in [0.25, 0.3) is 0 Å². The number of anilines is 1. The SMILES string of the molecule is NC(=O)CCOc1ccccc1NCc1cnc[nH]1. The van der Waals surface area contributed by atoms with Crippen molar-refractivity contribution in [3.8, 4) is 5.75 Å². The van der Waals surface area contributed by atoms with Gasteiger partial charge in [-0.2, -0.15) is 0 Å². The van der Waals surface area contributed by atoms with Crippen LogP contribution >= 0.6 is 0 Å². The fourth-order valence-electron chi connectivity index (χ4n) is 1.57. The van der Waals surface area contributed by atoms with E-state index in [0.29, 0.717) is 12.3 Å². The van der Waals surface area contributed by atoms with Crippen molar-refractivity contribution in [3.63, 3.8) is 0 Å². The zero-order chi connectivity index (χ0) is 13.5. The van der Waals surface area contributed by atoms with Crippen molar-refractivity contribution in [2.24, 2.45) is 5.73 Å². The Morgan fingerprint density at radius 1 is 1.42 bits per heavy atom. The van der Waals surface area contributed by atoms with E-state index in [2.05, 4.69) is 15.3 Å². The fourth-order valence-corrected chi connectivity index (χ4v) is 1.57. The van der Waals surface area contributed by atoms with Crippen LogP contribution in [0.5, 0.6) is 5.75 Å². The maximum Gasteiger partial charge on any atom is 0.220 e. The summed E-state index contributed by atoms with van der Waals surface area (Å²) in [5, 5.41) is 3.24. The van der Waals surface area contributed by atoms with Crippen LogP contribution in [0.2, 0.25) is 0 Å². The molecule has 1 aromatic heterocycles. The number of ether oxygens (including phenoxy) is 1. The molecule has 0 aliphatic carbocycles. The van der Waals surface area contributed by atoms with E-state index in [4.69, 9.17) is 10.5 Å². The van der Waals surface area contributed by atoms with Crippen molar-refractivity contribution in [3.05, 3.63) is 42.5 Å². The van der Waals surface area contributed by atoms with Gasteiger partial charge in [0.15, 0.2) is 0 Å². The highest BCUT2D eigenvalue weighted by molar-refractivity contribution is 5.73. The van der Waals surface area contributed by atoms with Crippen LogP contribution in [0.4, 0.5) is 5.69 Å². The van der Waals surface area contributed by atoms with Crippen molar-refractivity contribution in [2.45, 2.75) is 13.0 Å². The molecule has 2 aromatic rings. The Balaban J connectivity index is 1.93. The number of carbonyl (C=O) groups is 1. The molecule has 1 aromatic carbocycles. The summed E-state index contributed by atoms with van der Waals surface area (Å²) >= 11 is 0. The summed E-state index contributed by atoms with van der Waals surface area (Å²) in [6.45, 7) is 0.897. The first-order valence-corrected chi connectivity index (χ1v) is 5.97. The number of nitrogens with zero attached hydrogens (tertiary/aromatic N) is 1.